The van der Waals surface area contributed by atoms with Crippen LogP contribution in [0.2, 0.25) is 0 Å². The standard InChI is InChI=1S/C28H32N6O4/c29-26(36)22-3-1-2-4-23(22)33-15-18(16-33)14-31-9-11-32(12-10-31)20-5-6-21-19(13-20)17-34(28(21)38)24-7-8-25(35)30-27(24)37/h1-6,13,18,24H,7-12,14-17H2,(H2,29,36)(H,30,35,37). The van der Waals surface area contributed by atoms with E-state index < -0.39 is 6.04 Å². The maximum absolute atomic E-state index is 13.0. The number of nitrogens with one attached hydrogen (secondary N) is 1. The number of para-hydroxylation sites is 1. The van der Waals surface area contributed by atoms with Gasteiger partial charge in [0.2, 0.25) is 11.8 Å². The summed E-state index contributed by atoms with van der Waals surface area (Å²) in [4.78, 5) is 57.2. The van der Waals surface area contributed by atoms with Gasteiger partial charge in [-0.25, -0.2) is 0 Å². The molecule has 2 aromatic rings. The maximum Gasteiger partial charge on any atom is 0.255 e. The largest absolute Gasteiger partial charge is 0.370 e. The molecule has 10 nitrogen and oxygen atoms in total. The van der Waals surface area contributed by atoms with E-state index >= 15 is 0 Å². The number of primary amides is 1. The molecule has 0 aromatic heterocycles. The van der Waals surface area contributed by atoms with Crippen molar-refractivity contribution in [2.24, 2.45) is 11.7 Å². The van der Waals surface area contributed by atoms with Crippen molar-refractivity contribution in [1.29, 1.82) is 0 Å². The van der Waals surface area contributed by atoms with E-state index in [4.69, 9.17) is 5.73 Å². The molecule has 3 fully saturated rings. The SMILES string of the molecule is NC(=O)c1ccccc1N1CC(CN2CCN(c3ccc4c(c3)CN(C3CCC(=O)NC3=O)C4=O)CC2)C1. The minimum Gasteiger partial charge on any atom is -0.370 e. The molecule has 0 saturated carbocycles. The van der Waals surface area contributed by atoms with E-state index in [1.807, 2.05) is 30.3 Å². The second kappa shape index (κ2) is 9.75. The summed E-state index contributed by atoms with van der Waals surface area (Å²) >= 11 is 0. The number of hydrogen-bond donors (Lipinski definition) is 2. The van der Waals surface area contributed by atoms with Gasteiger partial charge in [0.15, 0.2) is 0 Å². The van der Waals surface area contributed by atoms with Gasteiger partial charge < -0.3 is 20.4 Å². The molecule has 0 radical (unpaired) electrons. The fraction of sp³-hybridized carbons (Fsp3) is 0.429. The van der Waals surface area contributed by atoms with Crippen molar-refractivity contribution >= 4 is 35.0 Å². The lowest BCUT2D eigenvalue weighted by Gasteiger charge is -2.45. The van der Waals surface area contributed by atoms with E-state index in [9.17, 15) is 19.2 Å². The van der Waals surface area contributed by atoms with Crippen LogP contribution in [-0.4, -0.2) is 85.3 Å². The van der Waals surface area contributed by atoms with Gasteiger partial charge in [-0.2, -0.15) is 0 Å². The van der Waals surface area contributed by atoms with E-state index in [0.29, 0.717) is 30.0 Å². The zero-order chi connectivity index (χ0) is 26.4. The molecule has 198 valence electrons. The predicted octanol–water partition coefficient (Wildman–Crippen LogP) is 0.805. The quantitative estimate of drug-likeness (QED) is 0.545. The van der Waals surface area contributed by atoms with E-state index in [-0.39, 0.29) is 30.0 Å². The number of hydrogen-bond acceptors (Lipinski definition) is 7. The molecule has 10 heteroatoms. The summed E-state index contributed by atoms with van der Waals surface area (Å²) in [5.41, 5.74) is 9.72. The molecule has 1 atom stereocenters. The Labute approximate surface area is 221 Å². The van der Waals surface area contributed by atoms with Crippen molar-refractivity contribution in [3.63, 3.8) is 0 Å². The summed E-state index contributed by atoms with van der Waals surface area (Å²) in [6.07, 6.45) is 0.626. The molecule has 0 aliphatic carbocycles. The number of piperidine rings is 1. The van der Waals surface area contributed by atoms with Gasteiger partial charge in [-0.05, 0) is 42.3 Å². The van der Waals surface area contributed by atoms with Crippen LogP contribution in [-0.2, 0) is 16.1 Å². The lowest BCUT2D eigenvalue weighted by molar-refractivity contribution is -0.136. The zero-order valence-electron chi connectivity index (χ0n) is 21.3. The number of anilines is 2. The van der Waals surface area contributed by atoms with E-state index in [1.54, 1.807) is 11.0 Å². The molecule has 4 heterocycles. The number of nitrogens with two attached hydrogens (primary N) is 1. The molecular weight excluding hydrogens is 484 g/mol. The first kappa shape index (κ1) is 24.4. The van der Waals surface area contributed by atoms with Crippen LogP contribution in [0.3, 0.4) is 0 Å². The predicted molar refractivity (Wildman–Crippen MR) is 142 cm³/mol. The number of amides is 4. The molecule has 4 aliphatic heterocycles. The smallest absolute Gasteiger partial charge is 0.255 e. The minimum absolute atomic E-state index is 0.140. The van der Waals surface area contributed by atoms with E-state index in [1.165, 1.54) is 0 Å². The van der Waals surface area contributed by atoms with Crippen LogP contribution in [0.1, 0.15) is 39.1 Å². The van der Waals surface area contributed by atoms with E-state index in [2.05, 4.69) is 26.1 Å². The molecule has 3 N–H and O–H groups in total. The first-order valence-corrected chi connectivity index (χ1v) is 13.3. The van der Waals surface area contributed by atoms with Crippen molar-refractivity contribution in [2.45, 2.75) is 25.4 Å². The second-order valence-electron chi connectivity index (χ2n) is 10.7. The van der Waals surface area contributed by atoms with Crippen LogP contribution in [0.15, 0.2) is 42.5 Å². The van der Waals surface area contributed by atoms with Crippen molar-refractivity contribution < 1.29 is 19.2 Å². The summed E-state index contributed by atoms with van der Waals surface area (Å²) in [5, 5.41) is 2.35. The van der Waals surface area contributed by atoms with Crippen LogP contribution in [0.25, 0.3) is 0 Å². The van der Waals surface area contributed by atoms with Gasteiger partial charge in [0.25, 0.3) is 11.8 Å². The molecule has 1 unspecified atom stereocenters. The first-order valence-electron chi connectivity index (χ1n) is 13.3. The number of fused-ring (bicyclic) bond motifs is 1. The zero-order valence-corrected chi connectivity index (χ0v) is 21.3. The fourth-order valence-electron chi connectivity index (χ4n) is 6.15. The summed E-state index contributed by atoms with van der Waals surface area (Å²) in [6.45, 7) is 7.02. The van der Waals surface area contributed by atoms with Crippen molar-refractivity contribution in [3.8, 4) is 0 Å². The lowest BCUT2D eigenvalue weighted by Crippen LogP contribution is -2.55. The second-order valence-corrected chi connectivity index (χ2v) is 10.7. The number of carbonyl (C=O) groups is 4. The molecule has 6 rings (SSSR count). The third-order valence-corrected chi connectivity index (χ3v) is 8.23. The first-order chi connectivity index (χ1) is 18.4. The highest BCUT2D eigenvalue weighted by atomic mass is 16.2. The van der Waals surface area contributed by atoms with Crippen molar-refractivity contribution in [3.05, 3.63) is 59.2 Å². The van der Waals surface area contributed by atoms with Crippen LogP contribution in [0.4, 0.5) is 11.4 Å². The molecule has 4 aliphatic rings. The minimum atomic E-state index is -0.591. The Morgan fingerprint density at radius 3 is 2.47 bits per heavy atom. The highest BCUT2D eigenvalue weighted by molar-refractivity contribution is 6.05. The topological polar surface area (TPSA) is 119 Å². The average Bonchev–Trinajstić information content (AvgIpc) is 3.21. The third kappa shape index (κ3) is 4.49. The van der Waals surface area contributed by atoms with Gasteiger partial charge in [-0.1, -0.05) is 12.1 Å². The number of carbonyl (C=O) groups excluding carboxylic acids is 4. The summed E-state index contributed by atoms with van der Waals surface area (Å²) in [6, 6.07) is 12.9. The summed E-state index contributed by atoms with van der Waals surface area (Å²) in [5.74, 6) is -0.629. The maximum atomic E-state index is 13.0. The van der Waals surface area contributed by atoms with Crippen LogP contribution in [0, 0.1) is 5.92 Å². The fourth-order valence-corrected chi connectivity index (χ4v) is 6.15. The highest BCUT2D eigenvalue weighted by Crippen LogP contribution is 2.32. The summed E-state index contributed by atoms with van der Waals surface area (Å²) in [7, 11) is 0. The monoisotopic (exact) mass is 516 g/mol. The third-order valence-electron chi connectivity index (χ3n) is 8.23. The Kier molecular flexibility index (Phi) is 6.27. The van der Waals surface area contributed by atoms with Gasteiger partial charge in [0.05, 0.1) is 5.56 Å². The number of benzene rings is 2. The lowest BCUT2D eigenvalue weighted by atomic mass is 9.96. The van der Waals surface area contributed by atoms with Gasteiger partial charge in [-0.15, -0.1) is 0 Å². The number of imide groups is 1. The molecule has 0 bridgehead atoms. The molecule has 2 aromatic carbocycles. The Hall–Kier alpha value is -3.92. The van der Waals surface area contributed by atoms with Crippen LogP contribution < -0.4 is 20.9 Å². The summed E-state index contributed by atoms with van der Waals surface area (Å²) < 4.78 is 0. The highest BCUT2D eigenvalue weighted by Gasteiger charge is 2.39. The Bertz CT molecular complexity index is 1300. The van der Waals surface area contributed by atoms with Gasteiger partial charge in [0.1, 0.15) is 6.04 Å². The van der Waals surface area contributed by atoms with E-state index in [0.717, 1.165) is 62.8 Å². The van der Waals surface area contributed by atoms with Gasteiger partial charge in [-0.3, -0.25) is 29.4 Å². The normalized spacial score (nSPS) is 22.4. The Morgan fingerprint density at radius 2 is 1.74 bits per heavy atom. The molecule has 4 amide bonds. The van der Waals surface area contributed by atoms with Crippen LogP contribution >= 0.6 is 0 Å². The van der Waals surface area contributed by atoms with Gasteiger partial charge >= 0.3 is 0 Å². The average molecular weight is 517 g/mol. The van der Waals surface area contributed by atoms with Crippen LogP contribution in [0.5, 0.6) is 0 Å². The molecular formula is C28H32N6O4. The molecule has 3 saturated heterocycles. The Morgan fingerprint density at radius 1 is 0.974 bits per heavy atom. The molecule has 0 spiro atoms. The van der Waals surface area contributed by atoms with Crippen molar-refractivity contribution in [2.75, 3.05) is 55.6 Å². The molecule has 38 heavy (non-hydrogen) atoms. The number of piperazine rings is 1. The number of rotatable bonds is 6. The number of nitrogens with zero attached hydrogens (tertiary/aromatic N) is 4. The Balaban J connectivity index is 1.02. The van der Waals surface area contributed by atoms with Crippen molar-refractivity contribution in [1.82, 2.24) is 15.1 Å². The van der Waals surface area contributed by atoms with Gasteiger partial charge in [0, 0.05) is 81.6 Å².